The Morgan fingerprint density at radius 3 is 2.49 bits per heavy atom. The molecule has 0 bridgehead atoms. The van der Waals surface area contributed by atoms with Gasteiger partial charge in [-0.15, -0.1) is 0 Å². The summed E-state index contributed by atoms with van der Waals surface area (Å²) in [5, 5.41) is 11.5. The fourth-order valence-corrected chi connectivity index (χ4v) is 4.65. The van der Waals surface area contributed by atoms with Gasteiger partial charge in [-0.1, -0.05) is 41.4 Å². The molecule has 1 atom stereocenters. The fourth-order valence-electron chi connectivity index (χ4n) is 4.33. The second kappa shape index (κ2) is 11.3. The molecule has 11 heteroatoms. The lowest BCUT2D eigenvalue weighted by atomic mass is 9.95. The lowest BCUT2D eigenvalue weighted by Crippen LogP contribution is -2.31. The van der Waals surface area contributed by atoms with Crippen molar-refractivity contribution in [3.05, 3.63) is 99.4 Å². The van der Waals surface area contributed by atoms with Crippen molar-refractivity contribution in [3.63, 3.8) is 0 Å². The molecule has 0 spiro atoms. The number of aromatic nitrogens is 3. The first-order chi connectivity index (χ1) is 18.9. The van der Waals surface area contributed by atoms with E-state index in [1.165, 1.54) is 13.4 Å². The number of allylic oxidation sites excluding steroid dienone is 1. The Balaban J connectivity index is 1.41. The van der Waals surface area contributed by atoms with Crippen LogP contribution in [0.3, 0.4) is 0 Å². The molecular weight excluding hydrogens is 541 g/mol. The van der Waals surface area contributed by atoms with Gasteiger partial charge in [-0.25, -0.2) is 4.68 Å². The largest absolute Gasteiger partial charge is 0.497 e. The average molecular weight is 566 g/mol. The zero-order valence-corrected chi connectivity index (χ0v) is 22.9. The lowest BCUT2D eigenvalue weighted by molar-refractivity contribution is -0.113. The van der Waals surface area contributed by atoms with Gasteiger partial charge in [-0.2, -0.15) is 10.1 Å². The number of nitrogens with one attached hydrogen (secondary N) is 2. The highest BCUT2D eigenvalue weighted by Gasteiger charge is 2.33. The van der Waals surface area contributed by atoms with Crippen molar-refractivity contribution in [2.24, 2.45) is 0 Å². The molecule has 0 saturated carbocycles. The normalized spacial score (nSPS) is 14.3. The van der Waals surface area contributed by atoms with Gasteiger partial charge in [0, 0.05) is 11.8 Å². The van der Waals surface area contributed by atoms with Crippen molar-refractivity contribution in [2.75, 3.05) is 24.9 Å². The number of carbonyl (C=O) groups is 1. The standard InChI is InChI=1S/C28H25Cl2N5O4/c1-16-25(27(36)34-23-11-9-20(37-2)13-24(23)38-3)26(35-28(33-16)31-15-32-35)18-5-7-19(8-6-18)39-14-17-4-10-21(29)22(30)12-17/h4-13,15,26H,14H2,1-3H3,(H,34,36)(H,31,32,33). The van der Waals surface area contributed by atoms with Crippen molar-refractivity contribution < 1.29 is 19.0 Å². The molecule has 1 aliphatic heterocycles. The molecule has 1 aliphatic rings. The molecule has 5 rings (SSSR count). The summed E-state index contributed by atoms with van der Waals surface area (Å²) in [4.78, 5) is 18.0. The molecule has 4 aromatic rings. The van der Waals surface area contributed by atoms with E-state index in [-0.39, 0.29) is 5.91 Å². The first-order valence-corrected chi connectivity index (χ1v) is 12.7. The second-order valence-corrected chi connectivity index (χ2v) is 9.54. The third kappa shape index (κ3) is 5.50. The number of fused-ring (bicyclic) bond motifs is 1. The van der Waals surface area contributed by atoms with Gasteiger partial charge in [-0.05, 0) is 54.4 Å². The zero-order valence-electron chi connectivity index (χ0n) is 21.4. The molecule has 2 N–H and O–H groups in total. The predicted molar refractivity (Wildman–Crippen MR) is 150 cm³/mol. The van der Waals surface area contributed by atoms with Gasteiger partial charge >= 0.3 is 0 Å². The van der Waals surface area contributed by atoms with Gasteiger partial charge in [0.2, 0.25) is 5.95 Å². The van der Waals surface area contributed by atoms with Crippen LogP contribution < -0.4 is 24.8 Å². The Labute approximate surface area is 235 Å². The highest BCUT2D eigenvalue weighted by atomic mass is 35.5. The Kier molecular flexibility index (Phi) is 7.63. The van der Waals surface area contributed by atoms with Gasteiger partial charge in [0.25, 0.3) is 5.91 Å². The number of carbonyl (C=O) groups excluding carboxylic acids is 1. The zero-order chi connectivity index (χ0) is 27.5. The summed E-state index contributed by atoms with van der Waals surface area (Å²) >= 11 is 12.1. The number of hydrogen-bond acceptors (Lipinski definition) is 7. The number of halogens is 2. The van der Waals surface area contributed by atoms with E-state index >= 15 is 0 Å². The van der Waals surface area contributed by atoms with Crippen LogP contribution in [-0.2, 0) is 11.4 Å². The van der Waals surface area contributed by atoms with Crippen LogP contribution in [0, 0.1) is 0 Å². The van der Waals surface area contributed by atoms with Gasteiger partial charge in [-0.3, -0.25) is 4.79 Å². The fraction of sp³-hybridized carbons (Fsp3) is 0.179. The van der Waals surface area contributed by atoms with Crippen molar-refractivity contribution in [1.82, 2.24) is 14.8 Å². The number of methoxy groups -OCH3 is 2. The molecule has 200 valence electrons. The minimum atomic E-state index is -0.530. The number of amides is 1. The summed E-state index contributed by atoms with van der Waals surface area (Å²) in [5.74, 6) is 1.98. The molecule has 0 aliphatic carbocycles. The molecule has 9 nitrogen and oxygen atoms in total. The summed E-state index contributed by atoms with van der Waals surface area (Å²) in [6.45, 7) is 2.16. The maximum atomic E-state index is 13.7. The number of hydrogen-bond donors (Lipinski definition) is 2. The number of ether oxygens (including phenoxy) is 3. The van der Waals surface area contributed by atoms with E-state index in [4.69, 9.17) is 37.4 Å². The Morgan fingerprint density at radius 1 is 1.00 bits per heavy atom. The highest BCUT2D eigenvalue weighted by Crippen LogP contribution is 2.37. The minimum Gasteiger partial charge on any atom is -0.497 e. The first kappa shape index (κ1) is 26.4. The van der Waals surface area contributed by atoms with E-state index in [9.17, 15) is 4.79 Å². The summed E-state index contributed by atoms with van der Waals surface area (Å²) < 4.78 is 18.3. The van der Waals surface area contributed by atoms with Crippen LogP contribution in [0.15, 0.2) is 78.3 Å². The van der Waals surface area contributed by atoms with Crippen LogP contribution in [0.25, 0.3) is 0 Å². The second-order valence-electron chi connectivity index (χ2n) is 8.72. The Hall–Kier alpha value is -4.21. The highest BCUT2D eigenvalue weighted by molar-refractivity contribution is 6.42. The van der Waals surface area contributed by atoms with Gasteiger partial charge in [0.05, 0.1) is 35.5 Å². The van der Waals surface area contributed by atoms with Crippen molar-refractivity contribution >= 4 is 40.7 Å². The van der Waals surface area contributed by atoms with E-state index < -0.39 is 6.04 Å². The van der Waals surface area contributed by atoms with E-state index in [1.54, 1.807) is 42.1 Å². The summed E-state index contributed by atoms with van der Waals surface area (Å²) in [5.41, 5.74) is 3.38. The summed E-state index contributed by atoms with van der Waals surface area (Å²) in [6, 6.07) is 17.5. The van der Waals surface area contributed by atoms with E-state index in [1.807, 2.05) is 37.3 Å². The van der Waals surface area contributed by atoms with Crippen LogP contribution in [0.4, 0.5) is 11.6 Å². The maximum absolute atomic E-state index is 13.7. The Morgan fingerprint density at radius 2 is 1.77 bits per heavy atom. The van der Waals surface area contributed by atoms with Crippen LogP contribution in [0.1, 0.15) is 24.1 Å². The minimum absolute atomic E-state index is 0.311. The number of nitrogens with zero attached hydrogens (tertiary/aromatic N) is 3. The molecule has 2 heterocycles. The van der Waals surface area contributed by atoms with Gasteiger partial charge < -0.3 is 24.8 Å². The first-order valence-electron chi connectivity index (χ1n) is 11.9. The van der Waals surface area contributed by atoms with Gasteiger partial charge in [0.15, 0.2) is 0 Å². The topological polar surface area (TPSA) is 99.5 Å². The molecule has 0 saturated heterocycles. The molecular formula is C28H25Cl2N5O4. The van der Waals surface area contributed by atoms with E-state index in [2.05, 4.69) is 20.7 Å². The maximum Gasteiger partial charge on any atom is 0.255 e. The molecule has 39 heavy (non-hydrogen) atoms. The quantitative estimate of drug-likeness (QED) is 0.266. The van der Waals surface area contributed by atoms with Crippen LogP contribution in [0.2, 0.25) is 10.0 Å². The predicted octanol–water partition coefficient (Wildman–Crippen LogP) is 6.11. The number of rotatable bonds is 8. The third-order valence-corrected chi connectivity index (χ3v) is 7.02. The van der Waals surface area contributed by atoms with Crippen LogP contribution in [-0.4, -0.2) is 34.9 Å². The third-order valence-electron chi connectivity index (χ3n) is 6.28. The van der Waals surface area contributed by atoms with Gasteiger partial charge in [0.1, 0.15) is 36.2 Å². The molecule has 3 aromatic carbocycles. The smallest absolute Gasteiger partial charge is 0.255 e. The molecule has 1 unspecified atom stereocenters. The SMILES string of the molecule is COc1ccc(NC(=O)C2=C(C)Nc3ncnn3C2c2ccc(OCc3ccc(Cl)c(Cl)c3)cc2)c(OC)c1. The Bertz CT molecular complexity index is 1550. The van der Waals surface area contributed by atoms with Crippen molar-refractivity contribution in [2.45, 2.75) is 19.6 Å². The van der Waals surface area contributed by atoms with E-state index in [0.29, 0.717) is 56.8 Å². The summed E-state index contributed by atoms with van der Waals surface area (Å²) in [7, 11) is 3.10. The number of anilines is 2. The molecule has 1 amide bonds. The van der Waals surface area contributed by atoms with Crippen molar-refractivity contribution in [1.29, 1.82) is 0 Å². The van der Waals surface area contributed by atoms with Crippen molar-refractivity contribution in [3.8, 4) is 17.2 Å². The van der Waals surface area contributed by atoms with Crippen LogP contribution >= 0.6 is 23.2 Å². The monoisotopic (exact) mass is 565 g/mol. The number of benzene rings is 3. The average Bonchev–Trinajstić information content (AvgIpc) is 3.41. The molecule has 0 fully saturated rings. The lowest BCUT2D eigenvalue weighted by Gasteiger charge is -2.29. The van der Waals surface area contributed by atoms with Crippen LogP contribution in [0.5, 0.6) is 17.2 Å². The summed E-state index contributed by atoms with van der Waals surface area (Å²) in [6.07, 6.45) is 1.45. The molecule has 0 radical (unpaired) electrons. The van der Waals surface area contributed by atoms with E-state index in [0.717, 1.165) is 11.1 Å². The molecule has 1 aromatic heterocycles.